The first-order valence-electron chi connectivity index (χ1n) is 5.86. The zero-order valence-corrected chi connectivity index (χ0v) is 9.23. The van der Waals surface area contributed by atoms with Gasteiger partial charge >= 0.3 is 0 Å². The second-order valence-corrected chi connectivity index (χ2v) is 4.02. The van der Waals surface area contributed by atoms with Crippen LogP contribution in [0, 0.1) is 6.92 Å². The number of hydrogen-bond donors (Lipinski definition) is 1. The van der Waals surface area contributed by atoms with Gasteiger partial charge in [-0.1, -0.05) is 58.3 Å². The maximum atomic E-state index is 5.56. The van der Waals surface area contributed by atoms with E-state index in [-0.39, 0.29) is 6.04 Å². The maximum absolute atomic E-state index is 5.56. The fraction of sp³-hybridized carbons (Fsp3) is 0.917. The molecule has 0 saturated heterocycles. The monoisotopic (exact) mass is 184 g/mol. The van der Waals surface area contributed by atoms with Gasteiger partial charge in [0.2, 0.25) is 0 Å². The molecule has 1 heteroatoms. The van der Waals surface area contributed by atoms with Crippen LogP contribution in [0.4, 0.5) is 0 Å². The fourth-order valence-corrected chi connectivity index (χ4v) is 1.54. The summed E-state index contributed by atoms with van der Waals surface area (Å²) in [5.74, 6) is 0. The van der Waals surface area contributed by atoms with E-state index in [0.29, 0.717) is 0 Å². The lowest BCUT2D eigenvalue weighted by molar-refractivity contribution is 0.552. The summed E-state index contributed by atoms with van der Waals surface area (Å²) >= 11 is 0. The molecule has 0 aliphatic rings. The van der Waals surface area contributed by atoms with E-state index in [4.69, 9.17) is 5.73 Å². The molecule has 13 heavy (non-hydrogen) atoms. The van der Waals surface area contributed by atoms with Crippen LogP contribution in [0.3, 0.4) is 0 Å². The Morgan fingerprint density at radius 1 is 0.923 bits per heavy atom. The Morgan fingerprint density at radius 3 is 1.85 bits per heavy atom. The van der Waals surface area contributed by atoms with Crippen molar-refractivity contribution in [2.75, 3.05) is 0 Å². The minimum Gasteiger partial charge on any atom is -0.328 e. The first-order valence-corrected chi connectivity index (χ1v) is 5.86. The number of rotatable bonds is 9. The van der Waals surface area contributed by atoms with Crippen LogP contribution in [-0.4, -0.2) is 6.04 Å². The van der Waals surface area contributed by atoms with Crippen LogP contribution < -0.4 is 5.73 Å². The van der Waals surface area contributed by atoms with E-state index in [1.807, 2.05) is 0 Å². The summed E-state index contributed by atoms with van der Waals surface area (Å²) in [7, 11) is 0. The van der Waals surface area contributed by atoms with Gasteiger partial charge in [-0.3, -0.25) is 0 Å². The van der Waals surface area contributed by atoms with Crippen molar-refractivity contribution in [3.8, 4) is 0 Å². The fourth-order valence-electron chi connectivity index (χ4n) is 1.54. The summed E-state index contributed by atoms with van der Waals surface area (Å²) in [6.45, 7) is 6.03. The molecule has 0 heterocycles. The van der Waals surface area contributed by atoms with E-state index in [1.54, 1.807) is 0 Å². The van der Waals surface area contributed by atoms with E-state index in [0.717, 1.165) is 6.42 Å². The number of unbranched alkanes of at least 4 members (excludes halogenated alkanes) is 7. The highest BCUT2D eigenvalue weighted by Gasteiger charge is 1.94. The van der Waals surface area contributed by atoms with E-state index >= 15 is 0 Å². The molecule has 1 atom stereocenters. The third kappa shape index (κ3) is 12.0. The van der Waals surface area contributed by atoms with Gasteiger partial charge in [-0.05, 0) is 13.3 Å². The molecule has 0 amide bonds. The summed E-state index contributed by atoms with van der Waals surface area (Å²) in [5, 5.41) is 0. The lowest BCUT2D eigenvalue weighted by Gasteiger charge is -2.04. The van der Waals surface area contributed by atoms with Crippen molar-refractivity contribution in [1.29, 1.82) is 0 Å². The summed E-state index contributed by atoms with van der Waals surface area (Å²) in [4.78, 5) is 0. The van der Waals surface area contributed by atoms with Crippen LogP contribution in [0.2, 0.25) is 0 Å². The number of hydrogen-bond acceptors (Lipinski definition) is 1. The highest BCUT2D eigenvalue weighted by molar-refractivity contribution is 4.61. The Balaban J connectivity index is 2.84. The van der Waals surface area contributed by atoms with Gasteiger partial charge < -0.3 is 5.73 Å². The van der Waals surface area contributed by atoms with Crippen molar-refractivity contribution in [2.45, 2.75) is 70.8 Å². The topological polar surface area (TPSA) is 26.0 Å². The molecule has 1 radical (unpaired) electrons. The van der Waals surface area contributed by atoms with Crippen LogP contribution >= 0.6 is 0 Å². The second-order valence-electron chi connectivity index (χ2n) is 4.02. The van der Waals surface area contributed by atoms with Gasteiger partial charge in [0, 0.05) is 6.04 Å². The third-order valence-electron chi connectivity index (χ3n) is 2.43. The molecular formula is C12H26N. The molecule has 0 fully saturated rings. The van der Waals surface area contributed by atoms with Gasteiger partial charge in [-0.15, -0.1) is 0 Å². The Morgan fingerprint density at radius 2 is 1.38 bits per heavy atom. The molecule has 0 spiro atoms. The molecule has 1 nitrogen and oxygen atoms in total. The molecule has 0 rings (SSSR count). The first kappa shape index (κ1) is 13.0. The molecule has 0 bridgehead atoms. The summed E-state index contributed by atoms with van der Waals surface area (Å²) in [6, 6.07) is 0.153. The van der Waals surface area contributed by atoms with Crippen molar-refractivity contribution < 1.29 is 0 Å². The Kier molecular flexibility index (Phi) is 10.0. The molecule has 0 aromatic heterocycles. The van der Waals surface area contributed by atoms with Crippen molar-refractivity contribution in [1.82, 2.24) is 0 Å². The normalized spacial score (nSPS) is 13.2. The molecular weight excluding hydrogens is 158 g/mol. The van der Waals surface area contributed by atoms with E-state index < -0.39 is 0 Å². The zero-order chi connectivity index (χ0) is 9.94. The minimum atomic E-state index is 0.153. The second kappa shape index (κ2) is 10.0. The molecule has 0 saturated carbocycles. The minimum absolute atomic E-state index is 0.153. The van der Waals surface area contributed by atoms with Gasteiger partial charge in [0.25, 0.3) is 0 Å². The van der Waals surface area contributed by atoms with Crippen molar-refractivity contribution in [3.05, 3.63) is 6.92 Å². The summed E-state index contributed by atoms with van der Waals surface area (Å²) < 4.78 is 0. The van der Waals surface area contributed by atoms with Gasteiger partial charge in [-0.25, -0.2) is 0 Å². The van der Waals surface area contributed by atoms with Crippen LogP contribution in [0.15, 0.2) is 0 Å². The molecule has 79 valence electrons. The van der Waals surface area contributed by atoms with Crippen LogP contribution in [-0.2, 0) is 0 Å². The average molecular weight is 184 g/mol. The van der Waals surface area contributed by atoms with Crippen molar-refractivity contribution >= 4 is 0 Å². The molecule has 0 aliphatic heterocycles. The quantitative estimate of drug-likeness (QED) is 0.543. The van der Waals surface area contributed by atoms with E-state index in [2.05, 4.69) is 13.8 Å². The summed E-state index contributed by atoms with van der Waals surface area (Å²) in [6.07, 6.45) is 12.1. The van der Waals surface area contributed by atoms with E-state index in [1.165, 1.54) is 51.4 Å². The highest BCUT2D eigenvalue weighted by Crippen LogP contribution is 2.09. The SMILES string of the molecule is [CH2]C(N)CCCCCCCCCC. The van der Waals surface area contributed by atoms with Crippen molar-refractivity contribution in [3.63, 3.8) is 0 Å². The Labute approximate surface area is 84.1 Å². The lowest BCUT2D eigenvalue weighted by Crippen LogP contribution is -2.14. The summed E-state index contributed by atoms with van der Waals surface area (Å²) in [5.41, 5.74) is 5.56. The largest absolute Gasteiger partial charge is 0.328 e. The van der Waals surface area contributed by atoms with Crippen LogP contribution in [0.25, 0.3) is 0 Å². The van der Waals surface area contributed by atoms with E-state index in [9.17, 15) is 0 Å². The first-order chi connectivity index (χ1) is 6.27. The molecule has 0 aliphatic carbocycles. The number of nitrogens with two attached hydrogens (primary N) is 1. The highest BCUT2D eigenvalue weighted by atomic mass is 14.6. The van der Waals surface area contributed by atoms with Gasteiger partial charge in [-0.2, -0.15) is 0 Å². The third-order valence-corrected chi connectivity index (χ3v) is 2.43. The standard InChI is InChI=1S/C12H26N/c1-3-4-5-6-7-8-9-10-11-12(2)13/h12H,2-11,13H2,1H3. The molecule has 0 aromatic rings. The lowest BCUT2D eigenvalue weighted by atomic mass is 10.1. The van der Waals surface area contributed by atoms with Gasteiger partial charge in [0.05, 0.1) is 0 Å². The maximum Gasteiger partial charge on any atom is 0.00394 e. The van der Waals surface area contributed by atoms with Crippen LogP contribution in [0.5, 0.6) is 0 Å². The van der Waals surface area contributed by atoms with Crippen molar-refractivity contribution in [2.24, 2.45) is 5.73 Å². The smallest absolute Gasteiger partial charge is 0.00394 e. The molecule has 1 unspecified atom stereocenters. The Bertz CT molecular complexity index is 89.1. The average Bonchev–Trinajstić information content (AvgIpc) is 2.09. The predicted molar refractivity (Wildman–Crippen MR) is 60.6 cm³/mol. The predicted octanol–water partition coefficient (Wildman–Crippen LogP) is 3.68. The van der Waals surface area contributed by atoms with Gasteiger partial charge in [0.15, 0.2) is 0 Å². The zero-order valence-electron chi connectivity index (χ0n) is 9.23. The molecule has 0 aromatic carbocycles. The van der Waals surface area contributed by atoms with Crippen LogP contribution in [0.1, 0.15) is 64.7 Å². The van der Waals surface area contributed by atoms with Gasteiger partial charge in [0.1, 0.15) is 0 Å². The molecule has 2 N–H and O–H groups in total. The Hall–Kier alpha value is -0.0400.